The summed E-state index contributed by atoms with van der Waals surface area (Å²) in [5, 5.41) is 14.7. The number of nitrogens with zero attached hydrogens (tertiary/aromatic N) is 2. The van der Waals surface area contributed by atoms with E-state index < -0.39 is 6.10 Å². The van der Waals surface area contributed by atoms with E-state index in [-0.39, 0.29) is 0 Å². The van der Waals surface area contributed by atoms with Crippen molar-refractivity contribution in [2.75, 3.05) is 7.11 Å². The minimum absolute atomic E-state index is 0.533. The van der Waals surface area contributed by atoms with Crippen LogP contribution in [0.1, 0.15) is 36.5 Å². The Kier molecular flexibility index (Phi) is 3.72. The number of aromatic nitrogens is 2. The maximum Gasteiger partial charge on any atom is 0.163 e. The van der Waals surface area contributed by atoms with Crippen LogP contribution in [0.2, 0.25) is 0 Å². The van der Waals surface area contributed by atoms with Crippen LogP contribution >= 0.6 is 0 Å². The summed E-state index contributed by atoms with van der Waals surface area (Å²) in [6.07, 6.45) is 3.26. The van der Waals surface area contributed by atoms with Gasteiger partial charge in [0.25, 0.3) is 0 Å². The van der Waals surface area contributed by atoms with Crippen molar-refractivity contribution in [2.45, 2.75) is 32.9 Å². The van der Waals surface area contributed by atoms with Gasteiger partial charge >= 0.3 is 0 Å². The monoisotopic (exact) mass is 250 g/mol. The Morgan fingerprint density at radius 1 is 1.56 bits per heavy atom. The van der Waals surface area contributed by atoms with Crippen molar-refractivity contribution in [2.24, 2.45) is 0 Å². The number of hydrogen-bond donors (Lipinski definition) is 1. The van der Waals surface area contributed by atoms with Crippen LogP contribution in [-0.2, 0) is 6.54 Å². The second kappa shape index (κ2) is 5.27. The van der Waals surface area contributed by atoms with Crippen LogP contribution in [0.15, 0.2) is 22.9 Å². The largest absolute Gasteiger partial charge is 0.493 e. The minimum atomic E-state index is -0.857. The molecule has 0 fully saturated rings. The quantitative estimate of drug-likeness (QED) is 0.884. The van der Waals surface area contributed by atoms with E-state index in [1.165, 1.54) is 0 Å². The summed E-state index contributed by atoms with van der Waals surface area (Å²) in [6.45, 7) is 4.69. The number of hydrogen-bond acceptors (Lipinski definition) is 4. The van der Waals surface area contributed by atoms with Crippen molar-refractivity contribution in [1.29, 1.82) is 0 Å². The van der Waals surface area contributed by atoms with E-state index in [0.717, 1.165) is 18.5 Å². The fraction of sp³-hybridized carbons (Fsp3) is 0.462. The van der Waals surface area contributed by atoms with E-state index in [2.05, 4.69) is 12.0 Å². The second-order valence-corrected chi connectivity index (χ2v) is 4.19. The Morgan fingerprint density at radius 2 is 2.33 bits per heavy atom. The van der Waals surface area contributed by atoms with E-state index in [1.54, 1.807) is 24.3 Å². The van der Waals surface area contributed by atoms with Crippen LogP contribution in [-0.4, -0.2) is 22.0 Å². The van der Waals surface area contributed by atoms with Crippen LogP contribution < -0.4 is 4.74 Å². The molecular weight excluding hydrogens is 232 g/mol. The topological polar surface area (TPSA) is 60.4 Å². The lowest BCUT2D eigenvalue weighted by Crippen LogP contribution is -2.11. The van der Waals surface area contributed by atoms with E-state index in [9.17, 15) is 5.11 Å². The Balaban J connectivity index is 2.42. The third-order valence-corrected chi connectivity index (χ3v) is 2.91. The fourth-order valence-electron chi connectivity index (χ4n) is 1.99. The zero-order valence-corrected chi connectivity index (χ0v) is 10.9. The Morgan fingerprint density at radius 3 is 2.89 bits per heavy atom. The molecule has 0 aliphatic carbocycles. The van der Waals surface area contributed by atoms with Crippen LogP contribution in [0, 0.1) is 6.92 Å². The highest BCUT2D eigenvalue weighted by Crippen LogP contribution is 2.31. The normalized spacial score (nSPS) is 12.7. The summed E-state index contributed by atoms with van der Waals surface area (Å²) in [5.41, 5.74) is 1.55. The molecule has 0 aliphatic rings. The van der Waals surface area contributed by atoms with Gasteiger partial charge in [0.1, 0.15) is 11.5 Å². The molecule has 5 nitrogen and oxygen atoms in total. The lowest BCUT2D eigenvalue weighted by molar-refractivity contribution is 0.173. The zero-order valence-electron chi connectivity index (χ0n) is 10.9. The number of aliphatic hydroxyl groups excluding tert-OH is 1. The lowest BCUT2D eigenvalue weighted by atomic mass is 10.1. The second-order valence-electron chi connectivity index (χ2n) is 4.19. The van der Waals surface area contributed by atoms with Crippen LogP contribution in [0.4, 0.5) is 0 Å². The number of methoxy groups -OCH3 is 1. The molecule has 2 aromatic rings. The Hall–Kier alpha value is -1.75. The molecule has 0 bridgehead atoms. The predicted octanol–water partition coefficient (Wildman–Crippen LogP) is 2.28. The standard InChI is InChI=1S/C13H18N2O3/c1-4-6-15-11(10(17-3)8-14-15)12(16)13-9(2)5-7-18-13/h5,7-8,12,16H,4,6H2,1-3H3. The highest BCUT2D eigenvalue weighted by molar-refractivity contribution is 5.34. The minimum Gasteiger partial charge on any atom is -0.493 e. The molecule has 1 atom stereocenters. The summed E-state index contributed by atoms with van der Waals surface area (Å²) < 4.78 is 12.3. The molecule has 0 saturated heterocycles. The van der Waals surface area contributed by atoms with Gasteiger partial charge in [-0.15, -0.1) is 0 Å². The first-order valence-corrected chi connectivity index (χ1v) is 6.00. The van der Waals surface area contributed by atoms with Crippen LogP contribution in [0.5, 0.6) is 5.75 Å². The summed E-state index contributed by atoms with van der Waals surface area (Å²) in [4.78, 5) is 0. The van der Waals surface area contributed by atoms with Gasteiger partial charge in [0.15, 0.2) is 11.9 Å². The average molecular weight is 250 g/mol. The van der Waals surface area contributed by atoms with Gasteiger partial charge < -0.3 is 14.3 Å². The molecule has 0 radical (unpaired) electrons. The SMILES string of the molecule is CCCn1ncc(OC)c1C(O)c1occc1C. The molecule has 2 heterocycles. The van der Waals surface area contributed by atoms with E-state index in [4.69, 9.17) is 9.15 Å². The molecule has 0 aliphatic heterocycles. The molecular formula is C13H18N2O3. The molecule has 5 heteroatoms. The van der Waals surface area contributed by atoms with Gasteiger partial charge in [-0.3, -0.25) is 4.68 Å². The van der Waals surface area contributed by atoms with Crippen molar-refractivity contribution in [3.63, 3.8) is 0 Å². The Labute approximate surface area is 106 Å². The van der Waals surface area contributed by atoms with E-state index in [0.29, 0.717) is 17.2 Å². The third-order valence-electron chi connectivity index (χ3n) is 2.91. The van der Waals surface area contributed by atoms with Crippen molar-refractivity contribution in [3.05, 3.63) is 35.5 Å². The maximum absolute atomic E-state index is 10.4. The van der Waals surface area contributed by atoms with Crippen LogP contribution in [0.25, 0.3) is 0 Å². The molecule has 2 aromatic heterocycles. The highest BCUT2D eigenvalue weighted by atomic mass is 16.5. The van der Waals surface area contributed by atoms with Gasteiger partial charge in [0.2, 0.25) is 0 Å². The van der Waals surface area contributed by atoms with Crippen molar-refractivity contribution >= 4 is 0 Å². The number of aryl methyl sites for hydroxylation is 2. The van der Waals surface area contributed by atoms with Gasteiger partial charge in [-0.1, -0.05) is 6.92 Å². The first-order valence-electron chi connectivity index (χ1n) is 6.00. The molecule has 1 unspecified atom stereocenters. The molecule has 0 aromatic carbocycles. The van der Waals surface area contributed by atoms with Crippen LogP contribution in [0.3, 0.4) is 0 Å². The van der Waals surface area contributed by atoms with Gasteiger partial charge in [0, 0.05) is 6.54 Å². The van der Waals surface area contributed by atoms with Gasteiger partial charge in [-0.05, 0) is 25.0 Å². The molecule has 2 rings (SSSR count). The van der Waals surface area contributed by atoms with Crippen molar-refractivity contribution in [3.8, 4) is 5.75 Å². The number of rotatable bonds is 5. The summed E-state index contributed by atoms with van der Waals surface area (Å²) in [7, 11) is 1.57. The zero-order chi connectivity index (χ0) is 13.1. The average Bonchev–Trinajstić information content (AvgIpc) is 2.95. The molecule has 0 spiro atoms. The van der Waals surface area contributed by atoms with Gasteiger partial charge in [-0.25, -0.2) is 0 Å². The van der Waals surface area contributed by atoms with Gasteiger partial charge in [-0.2, -0.15) is 5.10 Å². The first-order chi connectivity index (χ1) is 8.69. The Bertz CT molecular complexity index is 516. The maximum atomic E-state index is 10.4. The smallest absolute Gasteiger partial charge is 0.163 e. The summed E-state index contributed by atoms with van der Waals surface area (Å²) in [5.74, 6) is 1.11. The highest BCUT2D eigenvalue weighted by Gasteiger charge is 2.24. The lowest BCUT2D eigenvalue weighted by Gasteiger charge is -2.13. The predicted molar refractivity (Wildman–Crippen MR) is 66.6 cm³/mol. The third kappa shape index (κ3) is 2.13. The first kappa shape index (κ1) is 12.7. The van der Waals surface area contributed by atoms with Gasteiger partial charge in [0.05, 0.1) is 19.6 Å². The molecule has 1 N–H and O–H groups in total. The van der Waals surface area contributed by atoms with E-state index >= 15 is 0 Å². The molecule has 18 heavy (non-hydrogen) atoms. The summed E-state index contributed by atoms with van der Waals surface area (Å²) in [6, 6.07) is 1.82. The number of aliphatic hydroxyl groups is 1. The van der Waals surface area contributed by atoms with E-state index in [1.807, 2.05) is 13.0 Å². The fourth-order valence-corrected chi connectivity index (χ4v) is 1.99. The summed E-state index contributed by atoms with van der Waals surface area (Å²) >= 11 is 0. The molecule has 98 valence electrons. The number of furan rings is 1. The number of ether oxygens (including phenoxy) is 1. The van der Waals surface area contributed by atoms with Crippen molar-refractivity contribution < 1.29 is 14.3 Å². The molecule has 0 amide bonds. The molecule has 0 saturated carbocycles. The van der Waals surface area contributed by atoms with Crippen molar-refractivity contribution in [1.82, 2.24) is 9.78 Å².